The van der Waals surface area contributed by atoms with Gasteiger partial charge < -0.3 is 19.5 Å². The van der Waals surface area contributed by atoms with Crippen LogP contribution < -0.4 is 4.74 Å². The molecule has 0 radical (unpaired) electrons. The second kappa shape index (κ2) is 9.53. The van der Waals surface area contributed by atoms with Crippen molar-refractivity contribution in [3.8, 4) is 11.5 Å². The summed E-state index contributed by atoms with van der Waals surface area (Å²) in [5, 5.41) is 10.9. The molecule has 3 aliphatic rings. The molecule has 3 atom stereocenters. The summed E-state index contributed by atoms with van der Waals surface area (Å²) in [4.78, 5) is 15.2. The molecule has 2 fully saturated rings. The lowest BCUT2D eigenvalue weighted by Gasteiger charge is -2.58. The van der Waals surface area contributed by atoms with E-state index in [1.165, 1.54) is 18.4 Å². The number of hydrogen-bond donors (Lipinski definition) is 1. The number of aromatic hydroxyl groups is 1. The van der Waals surface area contributed by atoms with E-state index in [4.69, 9.17) is 9.47 Å². The van der Waals surface area contributed by atoms with E-state index in [-0.39, 0.29) is 29.9 Å². The fourth-order valence-corrected chi connectivity index (χ4v) is 6.91. The number of phenols is 1. The van der Waals surface area contributed by atoms with E-state index < -0.39 is 0 Å². The SMILES string of the molecule is O=C(OCc1ccccc1)N1CC[C@@]23CCCC[C@@H]2[C@@H]1Cc1cc(O)c(OCc2ccccc2)cc13. The number of piperidine rings is 1. The van der Waals surface area contributed by atoms with Gasteiger partial charge in [0.25, 0.3) is 0 Å². The average molecular weight is 484 g/mol. The molecule has 3 aromatic carbocycles. The topological polar surface area (TPSA) is 59.0 Å². The molecule has 1 heterocycles. The van der Waals surface area contributed by atoms with Crippen LogP contribution in [0.4, 0.5) is 4.79 Å². The normalized spacial score (nSPS) is 24.4. The Labute approximate surface area is 212 Å². The molecule has 1 N–H and O–H groups in total. The third kappa shape index (κ3) is 4.11. The lowest BCUT2D eigenvalue weighted by atomic mass is 9.52. The number of rotatable bonds is 5. The number of benzene rings is 3. The molecule has 0 unspecified atom stereocenters. The number of likely N-dealkylation sites (tertiary alicyclic amines) is 1. The first kappa shape index (κ1) is 23.0. The molecule has 3 aromatic rings. The van der Waals surface area contributed by atoms with E-state index in [2.05, 4.69) is 6.07 Å². The van der Waals surface area contributed by atoms with E-state index in [1.807, 2.05) is 71.6 Å². The molecule has 36 heavy (non-hydrogen) atoms. The Hall–Kier alpha value is -3.47. The van der Waals surface area contributed by atoms with Gasteiger partial charge in [0, 0.05) is 18.0 Å². The first-order valence-electron chi connectivity index (χ1n) is 13.1. The Balaban J connectivity index is 1.26. The number of ether oxygens (including phenoxy) is 2. The zero-order valence-electron chi connectivity index (χ0n) is 20.6. The summed E-state index contributed by atoms with van der Waals surface area (Å²) >= 11 is 0. The Morgan fingerprint density at radius 1 is 0.944 bits per heavy atom. The summed E-state index contributed by atoms with van der Waals surface area (Å²) < 4.78 is 11.9. The largest absolute Gasteiger partial charge is 0.504 e. The molecule has 2 aliphatic carbocycles. The molecule has 1 aliphatic heterocycles. The third-order valence-electron chi connectivity index (χ3n) is 8.59. The van der Waals surface area contributed by atoms with Crippen LogP contribution in [0.5, 0.6) is 11.5 Å². The minimum atomic E-state index is -0.224. The average Bonchev–Trinajstić information content (AvgIpc) is 2.92. The van der Waals surface area contributed by atoms with Crippen molar-refractivity contribution in [2.24, 2.45) is 5.92 Å². The number of nitrogens with zero attached hydrogens (tertiary/aromatic N) is 1. The number of phenolic OH excluding ortho intramolecular Hbond substituents is 1. The van der Waals surface area contributed by atoms with Gasteiger partial charge in [-0.15, -0.1) is 0 Å². The number of hydrogen-bond acceptors (Lipinski definition) is 4. The monoisotopic (exact) mass is 483 g/mol. The van der Waals surface area contributed by atoms with Gasteiger partial charge in [-0.3, -0.25) is 0 Å². The van der Waals surface area contributed by atoms with Crippen molar-refractivity contribution in [1.29, 1.82) is 0 Å². The van der Waals surface area contributed by atoms with Crippen molar-refractivity contribution in [3.05, 3.63) is 95.1 Å². The Morgan fingerprint density at radius 2 is 1.67 bits per heavy atom. The van der Waals surface area contributed by atoms with Crippen LogP contribution in [0.2, 0.25) is 0 Å². The van der Waals surface area contributed by atoms with Crippen molar-refractivity contribution in [3.63, 3.8) is 0 Å². The molecule has 186 valence electrons. The van der Waals surface area contributed by atoms with Crippen molar-refractivity contribution >= 4 is 6.09 Å². The fourth-order valence-electron chi connectivity index (χ4n) is 6.91. The van der Waals surface area contributed by atoms with Gasteiger partial charge in [-0.25, -0.2) is 4.79 Å². The summed E-state index contributed by atoms with van der Waals surface area (Å²) in [7, 11) is 0. The van der Waals surface area contributed by atoms with Gasteiger partial charge in [0.15, 0.2) is 11.5 Å². The molecule has 5 nitrogen and oxygen atoms in total. The maximum absolute atomic E-state index is 13.2. The zero-order valence-corrected chi connectivity index (χ0v) is 20.6. The molecular formula is C31H33NO4. The van der Waals surface area contributed by atoms with Crippen LogP contribution in [0, 0.1) is 5.92 Å². The summed E-state index contributed by atoms with van der Waals surface area (Å²) in [6.07, 6.45) is 6.07. The van der Waals surface area contributed by atoms with Crippen LogP contribution in [0.1, 0.15) is 54.4 Å². The second-order valence-electron chi connectivity index (χ2n) is 10.5. The van der Waals surface area contributed by atoms with E-state index >= 15 is 0 Å². The fraction of sp³-hybridized carbons (Fsp3) is 0.387. The summed E-state index contributed by atoms with van der Waals surface area (Å²) in [6, 6.07) is 24.0. The molecule has 1 amide bonds. The van der Waals surface area contributed by atoms with Gasteiger partial charge in [0.05, 0.1) is 0 Å². The van der Waals surface area contributed by atoms with Crippen molar-refractivity contribution in [2.45, 2.75) is 63.2 Å². The predicted molar refractivity (Wildman–Crippen MR) is 138 cm³/mol. The van der Waals surface area contributed by atoms with Gasteiger partial charge in [0.2, 0.25) is 0 Å². The quantitative estimate of drug-likeness (QED) is 0.458. The van der Waals surface area contributed by atoms with E-state index in [1.54, 1.807) is 0 Å². The summed E-state index contributed by atoms with van der Waals surface area (Å²) in [5.74, 6) is 1.13. The molecule has 1 saturated carbocycles. The molecular weight excluding hydrogens is 450 g/mol. The van der Waals surface area contributed by atoms with Gasteiger partial charge in [-0.2, -0.15) is 0 Å². The maximum atomic E-state index is 13.2. The van der Waals surface area contributed by atoms with Gasteiger partial charge in [0.1, 0.15) is 13.2 Å². The first-order chi connectivity index (χ1) is 17.6. The molecule has 1 saturated heterocycles. The predicted octanol–water partition coefficient (Wildman–Crippen LogP) is 6.37. The molecule has 0 spiro atoms. The van der Waals surface area contributed by atoms with Crippen molar-refractivity contribution in [2.75, 3.05) is 6.54 Å². The Kier molecular flexibility index (Phi) is 6.08. The highest BCUT2D eigenvalue weighted by molar-refractivity contribution is 5.69. The van der Waals surface area contributed by atoms with E-state index in [0.717, 1.165) is 42.4 Å². The Bertz CT molecular complexity index is 1230. The highest BCUT2D eigenvalue weighted by Gasteiger charge is 2.55. The number of carbonyl (C=O) groups excluding carboxylic acids is 1. The highest BCUT2D eigenvalue weighted by Crippen LogP contribution is 2.57. The second-order valence-corrected chi connectivity index (χ2v) is 10.5. The van der Waals surface area contributed by atoms with Gasteiger partial charge in [-0.1, -0.05) is 73.5 Å². The van der Waals surface area contributed by atoms with Crippen molar-refractivity contribution < 1.29 is 19.4 Å². The number of carbonyl (C=O) groups is 1. The zero-order chi connectivity index (χ0) is 24.5. The Morgan fingerprint density at radius 3 is 2.42 bits per heavy atom. The minimum Gasteiger partial charge on any atom is -0.504 e. The highest BCUT2D eigenvalue weighted by atomic mass is 16.6. The molecule has 0 aromatic heterocycles. The summed E-state index contributed by atoms with van der Waals surface area (Å²) in [6.45, 7) is 1.42. The van der Waals surface area contributed by atoms with E-state index in [9.17, 15) is 9.90 Å². The first-order valence-corrected chi connectivity index (χ1v) is 13.1. The van der Waals surface area contributed by atoms with Crippen LogP contribution in [-0.4, -0.2) is 28.7 Å². The van der Waals surface area contributed by atoms with Crippen LogP contribution in [0.3, 0.4) is 0 Å². The van der Waals surface area contributed by atoms with Crippen molar-refractivity contribution in [1.82, 2.24) is 4.90 Å². The standard InChI is InChI=1S/C31H33NO4/c33-28-18-24-17-27-25-13-7-8-14-31(25,26(24)19-29(28)35-20-22-9-3-1-4-10-22)15-16-32(27)30(34)36-21-23-11-5-2-6-12-23/h1-6,9-12,18-19,25,27,33H,7-8,13-17,20-21H2/t25-,27+,31+/m1/s1. The molecule has 6 rings (SSSR count). The van der Waals surface area contributed by atoms with Gasteiger partial charge >= 0.3 is 6.09 Å². The maximum Gasteiger partial charge on any atom is 0.410 e. The van der Waals surface area contributed by atoms with Gasteiger partial charge in [-0.05, 0) is 66.0 Å². The lowest BCUT2D eigenvalue weighted by Crippen LogP contribution is -2.62. The van der Waals surface area contributed by atoms with Crippen LogP contribution >= 0.6 is 0 Å². The summed E-state index contributed by atoms with van der Waals surface area (Å²) in [5.41, 5.74) is 4.57. The number of amides is 1. The molecule has 5 heteroatoms. The van der Waals surface area contributed by atoms with Crippen LogP contribution in [0.15, 0.2) is 72.8 Å². The third-order valence-corrected chi connectivity index (χ3v) is 8.59. The molecule has 2 bridgehead atoms. The minimum absolute atomic E-state index is 0.0330. The smallest absolute Gasteiger partial charge is 0.410 e. The van der Waals surface area contributed by atoms with Crippen LogP contribution in [0.25, 0.3) is 0 Å². The van der Waals surface area contributed by atoms with Crippen LogP contribution in [-0.2, 0) is 29.8 Å². The lowest BCUT2D eigenvalue weighted by molar-refractivity contribution is -0.0138. The number of fused-ring (bicyclic) bond motifs is 1. The van der Waals surface area contributed by atoms with E-state index in [0.29, 0.717) is 24.8 Å².